The number of carbonyl (C=O) groups is 2. The molecule has 0 spiro atoms. The number of benzene rings is 2. The van der Waals surface area contributed by atoms with E-state index in [-0.39, 0.29) is 5.78 Å². The van der Waals surface area contributed by atoms with Crippen LogP contribution in [0.1, 0.15) is 37.5 Å². The molecule has 0 aliphatic rings. The van der Waals surface area contributed by atoms with Crippen LogP contribution < -0.4 is 0 Å². The Hall–Kier alpha value is -3.73. The molecule has 5 nitrogen and oxygen atoms in total. The van der Waals surface area contributed by atoms with Gasteiger partial charge in [-0.25, -0.2) is 4.79 Å². The van der Waals surface area contributed by atoms with Crippen LogP contribution in [0.5, 0.6) is 0 Å². The topological polar surface area (TPSA) is 61.2 Å². The third-order valence-corrected chi connectivity index (χ3v) is 4.90. The molecule has 5 heteroatoms. The molecule has 4 aromatic rings. The molecule has 2 aromatic heterocycles. The Morgan fingerprint density at radius 3 is 2.59 bits per heavy atom. The lowest BCUT2D eigenvalue weighted by molar-refractivity contribution is 0.0602. The van der Waals surface area contributed by atoms with Crippen LogP contribution in [0.2, 0.25) is 0 Å². The van der Waals surface area contributed by atoms with Gasteiger partial charge in [-0.1, -0.05) is 42.0 Å². The van der Waals surface area contributed by atoms with Crippen molar-refractivity contribution in [1.82, 2.24) is 9.55 Å². The van der Waals surface area contributed by atoms with Crippen LogP contribution in [0, 0.1) is 6.92 Å². The Morgan fingerprint density at radius 2 is 1.83 bits per heavy atom. The van der Waals surface area contributed by atoms with E-state index in [1.54, 1.807) is 12.3 Å². The van der Waals surface area contributed by atoms with Crippen LogP contribution in [-0.4, -0.2) is 28.4 Å². The van der Waals surface area contributed by atoms with Gasteiger partial charge in [0, 0.05) is 29.9 Å². The van der Waals surface area contributed by atoms with Crippen molar-refractivity contribution >= 4 is 22.7 Å². The van der Waals surface area contributed by atoms with Crippen molar-refractivity contribution < 1.29 is 14.3 Å². The summed E-state index contributed by atoms with van der Waals surface area (Å²) in [6, 6.07) is 18.7. The standard InChI is InChI=1S/C24H20N2O3/c1-16-8-10-18(11-9-16)23(27)21-7-4-12-26(21)15-17-13-19-5-3-6-20(24(28)29-2)22(19)25-14-17/h3-14H,15H2,1-2H3. The van der Waals surface area contributed by atoms with E-state index in [9.17, 15) is 9.59 Å². The van der Waals surface area contributed by atoms with E-state index in [4.69, 9.17) is 4.74 Å². The number of rotatable bonds is 5. The molecular weight excluding hydrogens is 364 g/mol. The van der Waals surface area contributed by atoms with Crippen molar-refractivity contribution in [2.75, 3.05) is 7.11 Å². The number of carbonyl (C=O) groups excluding carboxylic acids is 2. The van der Waals surface area contributed by atoms with Crippen LogP contribution in [0.15, 0.2) is 73.1 Å². The van der Waals surface area contributed by atoms with Crippen molar-refractivity contribution in [3.8, 4) is 0 Å². The van der Waals surface area contributed by atoms with E-state index in [0.29, 0.717) is 28.9 Å². The average molecular weight is 384 g/mol. The van der Waals surface area contributed by atoms with Crippen molar-refractivity contribution in [3.05, 3.63) is 101 Å². The molecule has 29 heavy (non-hydrogen) atoms. The van der Waals surface area contributed by atoms with Crippen molar-refractivity contribution in [2.24, 2.45) is 0 Å². The molecule has 0 amide bonds. The molecule has 4 rings (SSSR count). The van der Waals surface area contributed by atoms with Gasteiger partial charge in [-0.2, -0.15) is 0 Å². The minimum Gasteiger partial charge on any atom is -0.465 e. The molecule has 0 atom stereocenters. The summed E-state index contributed by atoms with van der Waals surface area (Å²) in [6.45, 7) is 2.50. The SMILES string of the molecule is COC(=O)c1cccc2cc(Cn3cccc3C(=O)c3ccc(C)cc3)cnc12. The number of methoxy groups -OCH3 is 1. The van der Waals surface area contributed by atoms with Gasteiger partial charge in [-0.3, -0.25) is 9.78 Å². The van der Waals surface area contributed by atoms with Crippen LogP contribution in [0.3, 0.4) is 0 Å². The summed E-state index contributed by atoms with van der Waals surface area (Å²) in [7, 11) is 1.36. The first kappa shape index (κ1) is 18.6. The summed E-state index contributed by atoms with van der Waals surface area (Å²) in [5.74, 6) is -0.427. The molecule has 144 valence electrons. The van der Waals surface area contributed by atoms with Gasteiger partial charge in [0.25, 0.3) is 0 Å². The Balaban J connectivity index is 1.65. The van der Waals surface area contributed by atoms with Gasteiger partial charge < -0.3 is 9.30 Å². The van der Waals surface area contributed by atoms with E-state index in [0.717, 1.165) is 16.5 Å². The second-order valence-corrected chi connectivity index (χ2v) is 6.93. The maximum atomic E-state index is 12.9. The lowest BCUT2D eigenvalue weighted by Gasteiger charge is -2.10. The van der Waals surface area contributed by atoms with Gasteiger partial charge in [-0.05, 0) is 36.8 Å². The second-order valence-electron chi connectivity index (χ2n) is 6.93. The Kier molecular flexibility index (Phi) is 4.96. The largest absolute Gasteiger partial charge is 0.465 e. The summed E-state index contributed by atoms with van der Waals surface area (Å²) in [4.78, 5) is 29.3. The lowest BCUT2D eigenvalue weighted by atomic mass is 10.1. The van der Waals surface area contributed by atoms with Gasteiger partial charge >= 0.3 is 5.97 Å². The first-order valence-corrected chi connectivity index (χ1v) is 9.29. The van der Waals surface area contributed by atoms with Crippen LogP contribution in [-0.2, 0) is 11.3 Å². The highest BCUT2D eigenvalue weighted by Gasteiger charge is 2.15. The molecule has 0 aliphatic heterocycles. The molecule has 0 bridgehead atoms. The van der Waals surface area contributed by atoms with Gasteiger partial charge in [0.2, 0.25) is 5.78 Å². The zero-order chi connectivity index (χ0) is 20.4. The highest BCUT2D eigenvalue weighted by atomic mass is 16.5. The number of ketones is 1. The highest BCUT2D eigenvalue weighted by molar-refractivity contribution is 6.08. The molecular formula is C24H20N2O3. The number of fused-ring (bicyclic) bond motifs is 1. The Bertz CT molecular complexity index is 1210. The van der Waals surface area contributed by atoms with Gasteiger partial charge in [0.05, 0.1) is 23.9 Å². The highest BCUT2D eigenvalue weighted by Crippen LogP contribution is 2.20. The summed E-state index contributed by atoms with van der Waals surface area (Å²) in [5.41, 5.74) is 4.38. The first-order valence-electron chi connectivity index (χ1n) is 9.29. The number of para-hydroxylation sites is 1. The number of hydrogen-bond acceptors (Lipinski definition) is 4. The third kappa shape index (κ3) is 3.67. The van der Waals surface area contributed by atoms with Crippen molar-refractivity contribution in [2.45, 2.75) is 13.5 Å². The minimum atomic E-state index is -0.410. The van der Waals surface area contributed by atoms with Gasteiger partial charge in [0.1, 0.15) is 0 Å². The number of pyridine rings is 1. The number of hydrogen-bond donors (Lipinski definition) is 0. The van der Waals surface area contributed by atoms with Gasteiger partial charge in [-0.15, -0.1) is 0 Å². The molecule has 0 fully saturated rings. The van der Waals surface area contributed by atoms with E-state index in [1.807, 2.05) is 72.3 Å². The predicted octanol–water partition coefficient (Wildman–Crippen LogP) is 4.41. The van der Waals surface area contributed by atoms with Crippen molar-refractivity contribution in [1.29, 1.82) is 0 Å². The molecule has 0 N–H and O–H groups in total. The van der Waals surface area contributed by atoms with E-state index in [1.165, 1.54) is 7.11 Å². The maximum Gasteiger partial charge on any atom is 0.340 e. The van der Waals surface area contributed by atoms with Crippen LogP contribution in [0.4, 0.5) is 0 Å². The third-order valence-electron chi connectivity index (χ3n) is 4.90. The predicted molar refractivity (Wildman–Crippen MR) is 111 cm³/mol. The second kappa shape index (κ2) is 7.72. The number of nitrogens with zero attached hydrogens (tertiary/aromatic N) is 2. The molecule has 0 saturated heterocycles. The molecule has 0 radical (unpaired) electrons. The lowest BCUT2D eigenvalue weighted by Crippen LogP contribution is -2.11. The van der Waals surface area contributed by atoms with E-state index in [2.05, 4.69) is 4.98 Å². The Morgan fingerprint density at radius 1 is 1.03 bits per heavy atom. The molecule has 0 saturated carbocycles. The zero-order valence-electron chi connectivity index (χ0n) is 16.3. The summed E-state index contributed by atoms with van der Waals surface area (Å²) < 4.78 is 6.74. The van der Waals surface area contributed by atoms with Crippen molar-refractivity contribution in [3.63, 3.8) is 0 Å². The summed E-state index contributed by atoms with van der Waals surface area (Å²) >= 11 is 0. The maximum absolute atomic E-state index is 12.9. The van der Waals surface area contributed by atoms with E-state index >= 15 is 0 Å². The first-order chi connectivity index (χ1) is 14.1. The van der Waals surface area contributed by atoms with Gasteiger partial charge in [0.15, 0.2) is 0 Å². The number of esters is 1. The zero-order valence-corrected chi connectivity index (χ0v) is 16.3. The quantitative estimate of drug-likeness (QED) is 0.378. The fraction of sp³-hybridized carbons (Fsp3) is 0.125. The van der Waals surface area contributed by atoms with Crippen LogP contribution >= 0.6 is 0 Å². The molecule has 2 heterocycles. The smallest absolute Gasteiger partial charge is 0.340 e. The Labute approximate surface area is 168 Å². The minimum absolute atomic E-state index is 0.0169. The number of ether oxygens (including phenoxy) is 1. The normalized spacial score (nSPS) is 10.8. The fourth-order valence-corrected chi connectivity index (χ4v) is 3.38. The number of aromatic nitrogens is 2. The molecule has 0 aliphatic carbocycles. The molecule has 2 aromatic carbocycles. The molecule has 0 unspecified atom stereocenters. The van der Waals surface area contributed by atoms with E-state index < -0.39 is 5.97 Å². The average Bonchev–Trinajstić information content (AvgIpc) is 3.20. The number of aryl methyl sites for hydroxylation is 1. The summed E-state index contributed by atoms with van der Waals surface area (Å²) in [5, 5.41) is 0.851. The van der Waals surface area contributed by atoms with Crippen LogP contribution in [0.25, 0.3) is 10.9 Å². The monoisotopic (exact) mass is 384 g/mol. The fourth-order valence-electron chi connectivity index (χ4n) is 3.38. The summed E-state index contributed by atoms with van der Waals surface area (Å²) in [6.07, 6.45) is 3.62.